The number of pyridine rings is 1. The fourth-order valence-electron chi connectivity index (χ4n) is 2.69. The Morgan fingerprint density at radius 2 is 2.12 bits per heavy atom. The lowest BCUT2D eigenvalue weighted by atomic mass is 10.2. The van der Waals surface area contributed by atoms with Crippen molar-refractivity contribution in [2.45, 2.75) is 24.8 Å². The second-order valence-corrected chi connectivity index (χ2v) is 6.95. The Kier molecular flexibility index (Phi) is 4.35. The van der Waals surface area contributed by atoms with E-state index in [0.29, 0.717) is 35.2 Å². The summed E-state index contributed by atoms with van der Waals surface area (Å²) in [6.45, 7) is 4.42. The molecule has 0 N–H and O–H groups in total. The smallest absolute Gasteiger partial charge is 0.209 e. The van der Waals surface area contributed by atoms with Gasteiger partial charge in [0.1, 0.15) is 6.10 Å². The van der Waals surface area contributed by atoms with Crippen molar-refractivity contribution in [3.63, 3.8) is 0 Å². The minimum atomic E-state index is -1.18. The van der Waals surface area contributed by atoms with Crippen LogP contribution >= 0.6 is 0 Å². The van der Waals surface area contributed by atoms with Crippen LogP contribution in [0.15, 0.2) is 17.2 Å². The van der Waals surface area contributed by atoms with Crippen LogP contribution in [0.25, 0.3) is 5.82 Å². The lowest BCUT2D eigenvalue weighted by Gasteiger charge is -2.36. The van der Waals surface area contributed by atoms with Gasteiger partial charge in [-0.25, -0.2) is 14.1 Å². The van der Waals surface area contributed by atoms with Crippen LogP contribution in [-0.4, -0.2) is 55.7 Å². The number of aryl methyl sites for hydroxylation is 1. The highest BCUT2D eigenvalue weighted by molar-refractivity contribution is 7.84. The zero-order valence-corrected chi connectivity index (χ0v) is 14.3. The van der Waals surface area contributed by atoms with Crippen molar-refractivity contribution in [1.29, 1.82) is 0 Å². The number of rotatable bonds is 5. The molecule has 7 nitrogen and oxygen atoms in total. The van der Waals surface area contributed by atoms with E-state index in [9.17, 15) is 13.4 Å². The first-order valence-electron chi connectivity index (χ1n) is 7.32. The molecule has 0 spiro atoms. The van der Waals surface area contributed by atoms with E-state index in [4.69, 9.17) is 4.74 Å². The topological polar surface area (TPSA) is 77.3 Å². The number of hydrogen-bond acceptors (Lipinski definition) is 5. The van der Waals surface area contributed by atoms with Gasteiger partial charge in [-0.3, -0.25) is 9.00 Å². The molecule has 0 saturated carbocycles. The molecule has 1 unspecified atom stereocenters. The van der Waals surface area contributed by atoms with Gasteiger partial charge >= 0.3 is 0 Å². The monoisotopic (exact) mass is 352 g/mol. The summed E-state index contributed by atoms with van der Waals surface area (Å²) in [5, 5.41) is 4.34. The Morgan fingerprint density at radius 3 is 2.71 bits per heavy atom. The summed E-state index contributed by atoms with van der Waals surface area (Å²) in [6.07, 6.45) is 3.15. The molecule has 3 heterocycles. The molecule has 1 fully saturated rings. The van der Waals surface area contributed by atoms with Crippen molar-refractivity contribution >= 4 is 17.2 Å². The zero-order valence-electron chi connectivity index (χ0n) is 13.5. The van der Waals surface area contributed by atoms with E-state index in [-0.39, 0.29) is 11.9 Å². The number of likely N-dealkylation sites (tertiary alicyclic amines) is 1. The first kappa shape index (κ1) is 16.6. The van der Waals surface area contributed by atoms with Gasteiger partial charge in [0.2, 0.25) is 6.41 Å². The zero-order chi connectivity index (χ0) is 17.4. The average Bonchev–Trinajstić information content (AvgIpc) is 2.79. The summed E-state index contributed by atoms with van der Waals surface area (Å²) >= 11 is 0. The molecule has 24 heavy (non-hydrogen) atoms. The lowest BCUT2D eigenvalue weighted by molar-refractivity contribution is -0.126. The van der Waals surface area contributed by atoms with Gasteiger partial charge < -0.3 is 9.64 Å². The molecule has 1 aliphatic rings. The van der Waals surface area contributed by atoms with Gasteiger partial charge in [0.25, 0.3) is 0 Å². The van der Waals surface area contributed by atoms with Crippen molar-refractivity contribution in [2.75, 3.05) is 19.3 Å². The number of amides is 1. The van der Waals surface area contributed by atoms with Gasteiger partial charge in [-0.05, 0) is 13.8 Å². The molecule has 3 rings (SSSR count). The van der Waals surface area contributed by atoms with E-state index in [2.05, 4.69) is 10.1 Å². The first-order chi connectivity index (χ1) is 11.4. The number of halogens is 1. The highest BCUT2D eigenvalue weighted by Gasteiger charge is 2.28. The second-order valence-electron chi connectivity index (χ2n) is 5.64. The predicted octanol–water partition coefficient (Wildman–Crippen LogP) is 0.980. The molecule has 2 aromatic heterocycles. The van der Waals surface area contributed by atoms with Gasteiger partial charge in [0.15, 0.2) is 17.4 Å². The number of ether oxygens (including phenoxy) is 1. The maximum absolute atomic E-state index is 13.9. The van der Waals surface area contributed by atoms with E-state index in [1.165, 1.54) is 15.6 Å². The highest BCUT2D eigenvalue weighted by Crippen LogP contribution is 2.25. The second kappa shape index (κ2) is 6.31. The van der Waals surface area contributed by atoms with Gasteiger partial charge in [-0.2, -0.15) is 5.10 Å². The van der Waals surface area contributed by atoms with E-state index in [1.807, 2.05) is 0 Å². The highest BCUT2D eigenvalue weighted by atomic mass is 32.2. The molecular weight excluding hydrogens is 335 g/mol. The van der Waals surface area contributed by atoms with E-state index >= 15 is 0 Å². The normalized spacial score (nSPS) is 15.9. The number of aromatic nitrogens is 3. The van der Waals surface area contributed by atoms with Gasteiger partial charge in [-0.1, -0.05) is 0 Å². The Balaban J connectivity index is 1.90. The van der Waals surface area contributed by atoms with Crippen molar-refractivity contribution in [3.05, 3.63) is 29.5 Å². The van der Waals surface area contributed by atoms with Crippen LogP contribution < -0.4 is 4.74 Å². The largest absolute Gasteiger partial charge is 0.483 e. The van der Waals surface area contributed by atoms with Gasteiger partial charge in [-0.15, -0.1) is 0 Å². The Bertz CT molecular complexity index is 817. The lowest BCUT2D eigenvalue weighted by Crippen LogP contribution is -2.52. The SMILES string of the molecule is Cc1nn(-c2cc(OC3CN(C=O)C3)c(F)cn2)c(C)c1S(C)=O. The Hall–Kier alpha value is -2.29. The minimum Gasteiger partial charge on any atom is -0.483 e. The van der Waals surface area contributed by atoms with Crippen LogP contribution in [0.1, 0.15) is 11.4 Å². The molecule has 0 aliphatic carbocycles. The number of carbonyl (C=O) groups is 1. The maximum atomic E-state index is 13.9. The molecule has 1 aliphatic heterocycles. The third-order valence-corrected chi connectivity index (χ3v) is 5.02. The van der Waals surface area contributed by atoms with Crippen LogP contribution in [0.3, 0.4) is 0 Å². The summed E-state index contributed by atoms with van der Waals surface area (Å²) in [5.41, 5.74) is 1.33. The number of carbonyl (C=O) groups excluding carboxylic acids is 1. The predicted molar refractivity (Wildman–Crippen MR) is 85.2 cm³/mol. The summed E-state index contributed by atoms with van der Waals surface area (Å²) in [4.78, 5) is 16.8. The van der Waals surface area contributed by atoms with Crippen LogP contribution in [0.5, 0.6) is 5.75 Å². The van der Waals surface area contributed by atoms with Crippen LogP contribution in [0, 0.1) is 19.7 Å². The van der Waals surface area contributed by atoms with Crippen molar-refractivity contribution in [3.8, 4) is 11.6 Å². The molecular formula is C15H17FN4O3S. The summed E-state index contributed by atoms with van der Waals surface area (Å²) in [7, 11) is -1.18. The molecule has 0 radical (unpaired) electrons. The van der Waals surface area contributed by atoms with Gasteiger partial charge in [0.05, 0.1) is 46.4 Å². The molecule has 1 atom stereocenters. The maximum Gasteiger partial charge on any atom is 0.209 e. The van der Waals surface area contributed by atoms with E-state index in [1.54, 1.807) is 20.1 Å². The molecule has 2 aromatic rings. The fourth-order valence-corrected chi connectivity index (χ4v) is 3.65. The van der Waals surface area contributed by atoms with Crippen LogP contribution in [0.4, 0.5) is 4.39 Å². The molecule has 1 amide bonds. The Labute approximate surface area is 140 Å². The fraction of sp³-hybridized carbons (Fsp3) is 0.400. The summed E-state index contributed by atoms with van der Waals surface area (Å²) in [5.74, 6) is -0.137. The standard InChI is InChI=1S/C15H17FN4O3S/c1-9-15(24(3)22)10(2)20(18-9)14-4-13(12(16)5-17-14)23-11-6-19(7-11)8-21/h4-5,8,11H,6-7H2,1-3H3. The van der Waals surface area contributed by atoms with Gasteiger partial charge in [0, 0.05) is 12.3 Å². The van der Waals surface area contributed by atoms with Crippen LogP contribution in [0.2, 0.25) is 0 Å². The molecule has 128 valence electrons. The molecule has 0 aromatic carbocycles. The first-order valence-corrected chi connectivity index (χ1v) is 8.88. The third kappa shape index (κ3) is 2.91. The van der Waals surface area contributed by atoms with Crippen molar-refractivity contribution < 1.29 is 18.1 Å². The number of nitrogens with zero attached hydrogens (tertiary/aromatic N) is 4. The third-order valence-electron chi connectivity index (χ3n) is 3.85. The number of hydrogen-bond donors (Lipinski definition) is 0. The minimum absolute atomic E-state index is 0.0577. The Morgan fingerprint density at radius 1 is 1.42 bits per heavy atom. The summed E-state index contributed by atoms with van der Waals surface area (Å²) in [6, 6.07) is 1.46. The van der Waals surface area contributed by atoms with Crippen molar-refractivity contribution in [2.24, 2.45) is 0 Å². The van der Waals surface area contributed by atoms with Crippen LogP contribution in [-0.2, 0) is 15.6 Å². The quantitative estimate of drug-likeness (QED) is 0.750. The molecule has 9 heteroatoms. The molecule has 1 saturated heterocycles. The molecule has 0 bridgehead atoms. The summed E-state index contributed by atoms with van der Waals surface area (Å²) < 4.78 is 32.9. The van der Waals surface area contributed by atoms with E-state index in [0.717, 1.165) is 12.6 Å². The van der Waals surface area contributed by atoms with E-state index < -0.39 is 16.6 Å². The average molecular weight is 352 g/mol. The van der Waals surface area contributed by atoms with Crippen molar-refractivity contribution in [1.82, 2.24) is 19.7 Å².